The Morgan fingerprint density at radius 1 is 1.25 bits per heavy atom. The van der Waals surface area contributed by atoms with Crippen molar-refractivity contribution in [2.24, 2.45) is 0 Å². The molecule has 1 heterocycles. The normalized spacial score (nSPS) is 17.4. The van der Waals surface area contributed by atoms with Crippen molar-refractivity contribution in [1.29, 1.82) is 0 Å². The highest BCUT2D eigenvalue weighted by atomic mass is 19.1. The van der Waals surface area contributed by atoms with Gasteiger partial charge >= 0.3 is 11.9 Å². The molecule has 1 aliphatic rings. The summed E-state index contributed by atoms with van der Waals surface area (Å²) in [5.41, 5.74) is 1.21. The first-order valence-electron chi connectivity index (χ1n) is 5.06. The minimum atomic E-state index is -0.580. The highest BCUT2D eigenvalue weighted by molar-refractivity contribution is 5.89. The van der Waals surface area contributed by atoms with E-state index in [9.17, 15) is 14.0 Å². The number of aryl methyl sites for hydroxylation is 1. The number of cyclic esters (lactones) is 2. The van der Waals surface area contributed by atoms with Crippen molar-refractivity contribution in [1.82, 2.24) is 0 Å². The third-order valence-corrected chi connectivity index (χ3v) is 2.73. The molecule has 0 N–H and O–H groups in total. The van der Waals surface area contributed by atoms with Gasteiger partial charge in [-0.25, -0.2) is 4.39 Å². The average Bonchev–Trinajstić information content (AvgIpc) is 2.15. The minimum Gasteiger partial charge on any atom is -0.393 e. The summed E-state index contributed by atoms with van der Waals surface area (Å²) in [5.74, 6) is -1.92. The molecule has 1 fully saturated rings. The van der Waals surface area contributed by atoms with Crippen LogP contribution in [-0.4, -0.2) is 11.9 Å². The Bertz CT molecular complexity index is 417. The topological polar surface area (TPSA) is 43.4 Å². The van der Waals surface area contributed by atoms with Gasteiger partial charge in [-0.2, -0.15) is 0 Å². The molecule has 0 bridgehead atoms. The summed E-state index contributed by atoms with van der Waals surface area (Å²) in [4.78, 5) is 22.2. The molecule has 1 saturated heterocycles. The van der Waals surface area contributed by atoms with Crippen molar-refractivity contribution in [3.05, 3.63) is 35.1 Å². The monoisotopic (exact) mass is 222 g/mol. The molecule has 0 aromatic heterocycles. The lowest BCUT2D eigenvalue weighted by molar-refractivity contribution is -0.163. The zero-order valence-electron chi connectivity index (χ0n) is 8.83. The number of ether oxygens (including phenoxy) is 1. The van der Waals surface area contributed by atoms with Crippen LogP contribution in [0, 0.1) is 12.7 Å². The standard InChI is InChI=1S/C12H11FO3/c1-7-3-2-4-9(13)12(7)8-5-10(14)16-11(15)6-8/h2-4,8H,5-6H2,1H3. The Labute approximate surface area is 92.2 Å². The summed E-state index contributed by atoms with van der Waals surface area (Å²) in [6, 6.07) is 4.71. The second kappa shape index (κ2) is 4.04. The van der Waals surface area contributed by atoms with Gasteiger partial charge in [-0.15, -0.1) is 0 Å². The molecule has 16 heavy (non-hydrogen) atoms. The number of esters is 2. The molecular formula is C12H11FO3. The van der Waals surface area contributed by atoms with Crippen LogP contribution in [0.4, 0.5) is 4.39 Å². The SMILES string of the molecule is Cc1cccc(F)c1C1CC(=O)OC(=O)C1. The lowest BCUT2D eigenvalue weighted by Crippen LogP contribution is -2.25. The summed E-state index contributed by atoms with van der Waals surface area (Å²) in [6.07, 6.45) is 0.126. The zero-order valence-corrected chi connectivity index (χ0v) is 8.83. The molecule has 4 heteroatoms. The fourth-order valence-electron chi connectivity index (χ4n) is 2.05. The number of rotatable bonds is 1. The Balaban J connectivity index is 2.36. The van der Waals surface area contributed by atoms with Gasteiger partial charge in [-0.3, -0.25) is 9.59 Å². The molecule has 1 aromatic carbocycles. The largest absolute Gasteiger partial charge is 0.393 e. The molecule has 2 rings (SSSR count). The number of carbonyl (C=O) groups excluding carboxylic acids is 2. The molecule has 0 amide bonds. The highest BCUT2D eigenvalue weighted by Gasteiger charge is 2.30. The Hall–Kier alpha value is -1.71. The first-order valence-corrected chi connectivity index (χ1v) is 5.06. The van der Waals surface area contributed by atoms with Crippen LogP contribution in [0.2, 0.25) is 0 Å². The van der Waals surface area contributed by atoms with Gasteiger partial charge in [0, 0.05) is 5.92 Å². The molecule has 3 nitrogen and oxygen atoms in total. The number of halogens is 1. The number of benzene rings is 1. The molecule has 0 saturated carbocycles. The fourth-order valence-corrected chi connectivity index (χ4v) is 2.05. The molecule has 0 radical (unpaired) electrons. The van der Waals surface area contributed by atoms with Crippen LogP contribution in [0.25, 0.3) is 0 Å². The highest BCUT2D eigenvalue weighted by Crippen LogP contribution is 2.32. The van der Waals surface area contributed by atoms with Crippen LogP contribution in [0.5, 0.6) is 0 Å². The second-order valence-corrected chi connectivity index (χ2v) is 3.92. The molecule has 1 aliphatic heterocycles. The summed E-state index contributed by atoms with van der Waals surface area (Å²) in [5, 5.41) is 0. The van der Waals surface area contributed by atoms with E-state index in [4.69, 9.17) is 0 Å². The van der Waals surface area contributed by atoms with Crippen LogP contribution in [-0.2, 0) is 14.3 Å². The number of hydrogen-bond acceptors (Lipinski definition) is 3. The van der Waals surface area contributed by atoms with Crippen molar-refractivity contribution in [3.63, 3.8) is 0 Å². The van der Waals surface area contributed by atoms with Crippen LogP contribution in [0.15, 0.2) is 18.2 Å². The summed E-state index contributed by atoms with van der Waals surface area (Å²) >= 11 is 0. The predicted octanol–water partition coefficient (Wildman–Crippen LogP) is 2.08. The summed E-state index contributed by atoms with van der Waals surface area (Å²) in [7, 11) is 0. The van der Waals surface area contributed by atoms with E-state index >= 15 is 0 Å². The number of hydrogen-bond donors (Lipinski definition) is 0. The van der Waals surface area contributed by atoms with E-state index in [1.807, 2.05) is 0 Å². The number of carbonyl (C=O) groups is 2. The van der Waals surface area contributed by atoms with E-state index in [1.54, 1.807) is 19.1 Å². The lowest BCUT2D eigenvalue weighted by atomic mass is 9.88. The van der Waals surface area contributed by atoms with E-state index in [0.717, 1.165) is 5.56 Å². The fraction of sp³-hybridized carbons (Fsp3) is 0.333. The lowest BCUT2D eigenvalue weighted by Gasteiger charge is -2.22. The Morgan fingerprint density at radius 3 is 2.44 bits per heavy atom. The third-order valence-electron chi connectivity index (χ3n) is 2.73. The molecule has 0 aliphatic carbocycles. The Kier molecular flexibility index (Phi) is 2.73. The smallest absolute Gasteiger partial charge is 0.314 e. The molecule has 1 aromatic rings. The van der Waals surface area contributed by atoms with Gasteiger partial charge in [0.05, 0.1) is 12.8 Å². The van der Waals surface area contributed by atoms with Gasteiger partial charge in [0.25, 0.3) is 0 Å². The summed E-state index contributed by atoms with van der Waals surface area (Å²) < 4.78 is 18.0. The maximum Gasteiger partial charge on any atom is 0.314 e. The zero-order chi connectivity index (χ0) is 11.7. The van der Waals surface area contributed by atoms with E-state index in [-0.39, 0.29) is 18.7 Å². The second-order valence-electron chi connectivity index (χ2n) is 3.92. The average molecular weight is 222 g/mol. The van der Waals surface area contributed by atoms with Crippen molar-refractivity contribution < 1.29 is 18.7 Å². The molecule has 84 valence electrons. The third kappa shape index (κ3) is 1.96. The van der Waals surface area contributed by atoms with Crippen LogP contribution in [0.1, 0.15) is 29.9 Å². The van der Waals surface area contributed by atoms with E-state index in [2.05, 4.69) is 4.74 Å². The molecule has 0 unspecified atom stereocenters. The van der Waals surface area contributed by atoms with Gasteiger partial charge in [-0.1, -0.05) is 12.1 Å². The quantitative estimate of drug-likeness (QED) is 0.539. The first-order chi connectivity index (χ1) is 7.58. The van der Waals surface area contributed by atoms with E-state index in [0.29, 0.717) is 5.56 Å². The van der Waals surface area contributed by atoms with Gasteiger partial charge in [-0.05, 0) is 24.1 Å². The van der Waals surface area contributed by atoms with Crippen molar-refractivity contribution in [2.75, 3.05) is 0 Å². The van der Waals surface area contributed by atoms with Gasteiger partial charge in [0.1, 0.15) is 5.82 Å². The minimum absolute atomic E-state index is 0.0630. The Morgan fingerprint density at radius 2 is 1.88 bits per heavy atom. The van der Waals surface area contributed by atoms with Crippen molar-refractivity contribution >= 4 is 11.9 Å². The van der Waals surface area contributed by atoms with Crippen LogP contribution in [0.3, 0.4) is 0 Å². The van der Waals surface area contributed by atoms with Crippen LogP contribution < -0.4 is 0 Å². The van der Waals surface area contributed by atoms with E-state index in [1.165, 1.54) is 6.07 Å². The molecular weight excluding hydrogens is 211 g/mol. The summed E-state index contributed by atoms with van der Waals surface area (Å²) in [6.45, 7) is 1.77. The molecule has 0 atom stereocenters. The van der Waals surface area contributed by atoms with Gasteiger partial charge in [0.2, 0.25) is 0 Å². The van der Waals surface area contributed by atoms with Crippen molar-refractivity contribution in [3.8, 4) is 0 Å². The maximum atomic E-state index is 13.6. The predicted molar refractivity (Wildman–Crippen MR) is 54.2 cm³/mol. The van der Waals surface area contributed by atoms with Gasteiger partial charge < -0.3 is 4.74 Å². The van der Waals surface area contributed by atoms with E-state index < -0.39 is 17.9 Å². The maximum absolute atomic E-state index is 13.6. The van der Waals surface area contributed by atoms with Crippen LogP contribution >= 0.6 is 0 Å². The van der Waals surface area contributed by atoms with Gasteiger partial charge in [0.15, 0.2) is 0 Å². The molecule has 0 spiro atoms. The first kappa shape index (κ1) is 10.8. The van der Waals surface area contributed by atoms with Crippen molar-refractivity contribution in [2.45, 2.75) is 25.7 Å².